The van der Waals surface area contributed by atoms with Crippen molar-refractivity contribution < 1.29 is 0 Å². The maximum atomic E-state index is 6.07. The summed E-state index contributed by atoms with van der Waals surface area (Å²) < 4.78 is 0. The summed E-state index contributed by atoms with van der Waals surface area (Å²) in [5.41, 5.74) is 4.00. The minimum atomic E-state index is -0.0363. The summed E-state index contributed by atoms with van der Waals surface area (Å²) >= 11 is 6.07. The first-order chi connectivity index (χ1) is 10.1. The highest BCUT2D eigenvalue weighted by molar-refractivity contribution is 6.30. The van der Waals surface area contributed by atoms with Crippen molar-refractivity contribution in [2.75, 3.05) is 20.6 Å². The molecule has 2 aromatic carbocycles. The Labute approximate surface area is 131 Å². The second kappa shape index (κ2) is 5.67. The fourth-order valence-electron chi connectivity index (χ4n) is 3.13. The molecular formula is C19H20ClN. The van der Waals surface area contributed by atoms with Gasteiger partial charge in [0.05, 0.1) is 0 Å². The molecule has 1 aliphatic rings. The van der Waals surface area contributed by atoms with E-state index >= 15 is 0 Å². The third-order valence-corrected chi connectivity index (χ3v) is 4.55. The first-order valence-electron chi connectivity index (χ1n) is 7.31. The predicted molar refractivity (Wildman–Crippen MR) is 90.9 cm³/mol. The van der Waals surface area contributed by atoms with Crippen molar-refractivity contribution in [3.63, 3.8) is 0 Å². The van der Waals surface area contributed by atoms with Gasteiger partial charge >= 0.3 is 0 Å². The summed E-state index contributed by atoms with van der Waals surface area (Å²) in [4.78, 5) is 2.24. The Bertz CT molecular complexity index is 658. The Morgan fingerprint density at radius 2 is 1.71 bits per heavy atom. The van der Waals surface area contributed by atoms with Crippen LogP contribution >= 0.6 is 11.6 Å². The Balaban J connectivity index is 2.09. The van der Waals surface area contributed by atoms with Crippen molar-refractivity contribution in [1.29, 1.82) is 0 Å². The quantitative estimate of drug-likeness (QED) is 0.797. The molecule has 0 aliphatic heterocycles. The molecular weight excluding hydrogens is 278 g/mol. The fraction of sp³-hybridized carbons (Fsp3) is 0.263. The van der Waals surface area contributed by atoms with Crippen LogP contribution in [0.4, 0.5) is 0 Å². The molecule has 21 heavy (non-hydrogen) atoms. The van der Waals surface area contributed by atoms with E-state index in [1.807, 2.05) is 12.1 Å². The van der Waals surface area contributed by atoms with E-state index in [2.05, 4.69) is 67.5 Å². The third-order valence-electron chi connectivity index (χ3n) is 4.30. The fourth-order valence-corrected chi connectivity index (χ4v) is 3.26. The van der Waals surface area contributed by atoms with Crippen molar-refractivity contribution >= 4 is 17.7 Å². The van der Waals surface area contributed by atoms with Crippen molar-refractivity contribution in [2.45, 2.75) is 11.8 Å². The largest absolute Gasteiger partial charge is 0.309 e. The number of allylic oxidation sites excluding steroid dienone is 1. The van der Waals surface area contributed by atoms with Crippen LogP contribution in [-0.2, 0) is 5.41 Å². The van der Waals surface area contributed by atoms with E-state index < -0.39 is 0 Å². The lowest BCUT2D eigenvalue weighted by molar-refractivity contribution is 0.370. The lowest BCUT2D eigenvalue weighted by atomic mass is 9.73. The molecule has 0 N–H and O–H groups in total. The van der Waals surface area contributed by atoms with Gasteiger partial charge in [-0.2, -0.15) is 0 Å². The zero-order valence-corrected chi connectivity index (χ0v) is 13.3. The van der Waals surface area contributed by atoms with Gasteiger partial charge in [-0.15, -0.1) is 0 Å². The normalized spacial score (nSPS) is 20.0. The van der Waals surface area contributed by atoms with Gasteiger partial charge in [0.15, 0.2) is 0 Å². The van der Waals surface area contributed by atoms with Crippen LogP contribution in [0.5, 0.6) is 0 Å². The number of nitrogens with zero attached hydrogens (tertiary/aromatic N) is 1. The third kappa shape index (κ3) is 2.64. The van der Waals surface area contributed by atoms with Gasteiger partial charge in [0.25, 0.3) is 0 Å². The molecule has 2 heteroatoms. The van der Waals surface area contributed by atoms with Gasteiger partial charge in [-0.25, -0.2) is 0 Å². The lowest BCUT2D eigenvalue weighted by Crippen LogP contribution is -2.29. The maximum absolute atomic E-state index is 6.07. The number of rotatable bonds is 4. The molecule has 0 heterocycles. The van der Waals surface area contributed by atoms with Crippen molar-refractivity contribution in [2.24, 2.45) is 0 Å². The highest BCUT2D eigenvalue weighted by Crippen LogP contribution is 2.44. The van der Waals surface area contributed by atoms with E-state index in [0.29, 0.717) is 0 Å². The summed E-state index contributed by atoms with van der Waals surface area (Å²) in [6, 6.07) is 17.0. The van der Waals surface area contributed by atoms with Crippen LogP contribution in [0.2, 0.25) is 5.02 Å². The summed E-state index contributed by atoms with van der Waals surface area (Å²) in [7, 11) is 4.25. The molecule has 1 atom stereocenters. The molecule has 3 rings (SSSR count). The first-order valence-corrected chi connectivity index (χ1v) is 7.69. The summed E-state index contributed by atoms with van der Waals surface area (Å²) in [6.45, 7) is 1.04. The van der Waals surface area contributed by atoms with Gasteiger partial charge < -0.3 is 4.90 Å². The molecule has 0 unspecified atom stereocenters. The predicted octanol–water partition coefficient (Wildman–Crippen LogP) is 4.60. The van der Waals surface area contributed by atoms with E-state index in [1.54, 1.807) is 0 Å². The summed E-state index contributed by atoms with van der Waals surface area (Å²) in [5.74, 6) is 0. The van der Waals surface area contributed by atoms with Crippen LogP contribution < -0.4 is 0 Å². The standard InChI is InChI=1S/C19H20ClN/c1-21(2)14-13-19(16-7-9-17(20)10-8-16)12-11-15-5-3-4-6-18(15)19/h3-12H,13-14H2,1-2H3/t19-/m1/s1. The zero-order chi connectivity index (χ0) is 14.9. The van der Waals surface area contributed by atoms with Gasteiger partial charge in [0, 0.05) is 10.4 Å². The van der Waals surface area contributed by atoms with Crippen LogP contribution in [-0.4, -0.2) is 25.5 Å². The molecule has 0 saturated heterocycles. The van der Waals surface area contributed by atoms with E-state index in [9.17, 15) is 0 Å². The zero-order valence-electron chi connectivity index (χ0n) is 12.5. The molecule has 0 fully saturated rings. The van der Waals surface area contributed by atoms with Crippen LogP contribution in [0.15, 0.2) is 54.6 Å². The van der Waals surface area contributed by atoms with Gasteiger partial charge in [-0.1, -0.05) is 60.2 Å². The summed E-state index contributed by atoms with van der Waals surface area (Å²) in [5, 5.41) is 0.789. The van der Waals surface area contributed by atoms with Crippen LogP contribution in [0, 0.1) is 0 Å². The molecule has 1 aliphatic carbocycles. The number of hydrogen-bond acceptors (Lipinski definition) is 1. The Morgan fingerprint density at radius 1 is 1.00 bits per heavy atom. The average Bonchev–Trinajstić information content (AvgIpc) is 2.86. The van der Waals surface area contributed by atoms with Crippen molar-refractivity contribution in [3.8, 4) is 0 Å². The monoisotopic (exact) mass is 297 g/mol. The molecule has 0 radical (unpaired) electrons. The molecule has 2 aromatic rings. The van der Waals surface area contributed by atoms with Crippen LogP contribution in [0.3, 0.4) is 0 Å². The second-order valence-electron chi connectivity index (χ2n) is 5.95. The summed E-state index contributed by atoms with van der Waals surface area (Å²) in [6.07, 6.45) is 5.67. The highest BCUT2D eigenvalue weighted by atomic mass is 35.5. The SMILES string of the molecule is CN(C)CC[C@@]1(c2ccc(Cl)cc2)C=Cc2ccccc21. The van der Waals surface area contributed by atoms with Gasteiger partial charge in [0.2, 0.25) is 0 Å². The second-order valence-corrected chi connectivity index (χ2v) is 6.39. The molecule has 108 valence electrons. The van der Waals surface area contributed by atoms with Crippen molar-refractivity contribution in [1.82, 2.24) is 4.90 Å². The Morgan fingerprint density at radius 3 is 2.43 bits per heavy atom. The minimum Gasteiger partial charge on any atom is -0.309 e. The van der Waals surface area contributed by atoms with E-state index in [0.717, 1.165) is 18.0 Å². The van der Waals surface area contributed by atoms with E-state index in [4.69, 9.17) is 11.6 Å². The molecule has 0 saturated carbocycles. The molecule has 0 bridgehead atoms. The highest BCUT2D eigenvalue weighted by Gasteiger charge is 2.36. The molecule has 0 amide bonds. The van der Waals surface area contributed by atoms with E-state index in [1.165, 1.54) is 16.7 Å². The Hall–Kier alpha value is -1.57. The number of benzene rings is 2. The van der Waals surface area contributed by atoms with Gasteiger partial charge in [-0.05, 0) is 55.9 Å². The number of halogens is 1. The topological polar surface area (TPSA) is 3.24 Å². The van der Waals surface area contributed by atoms with Gasteiger partial charge in [-0.3, -0.25) is 0 Å². The number of hydrogen-bond donors (Lipinski definition) is 0. The molecule has 0 spiro atoms. The minimum absolute atomic E-state index is 0.0363. The maximum Gasteiger partial charge on any atom is 0.0406 e. The molecule has 0 aromatic heterocycles. The van der Waals surface area contributed by atoms with Crippen molar-refractivity contribution in [3.05, 3.63) is 76.3 Å². The lowest BCUT2D eigenvalue weighted by Gasteiger charge is -2.31. The van der Waals surface area contributed by atoms with Crippen LogP contribution in [0.1, 0.15) is 23.1 Å². The van der Waals surface area contributed by atoms with Crippen LogP contribution in [0.25, 0.3) is 6.08 Å². The Kier molecular flexibility index (Phi) is 3.88. The first kappa shape index (κ1) is 14.4. The molecule has 1 nitrogen and oxygen atoms in total. The van der Waals surface area contributed by atoms with E-state index in [-0.39, 0.29) is 5.41 Å². The van der Waals surface area contributed by atoms with Gasteiger partial charge in [0.1, 0.15) is 0 Å². The average molecular weight is 298 g/mol. The number of fused-ring (bicyclic) bond motifs is 1. The smallest absolute Gasteiger partial charge is 0.0406 e.